The van der Waals surface area contributed by atoms with Gasteiger partial charge in [0.05, 0.1) is 27.7 Å². The van der Waals surface area contributed by atoms with Crippen LogP contribution in [0.3, 0.4) is 0 Å². The predicted octanol–water partition coefficient (Wildman–Crippen LogP) is -1.89. The Labute approximate surface area is 176 Å². The fourth-order valence-electron chi connectivity index (χ4n) is 2.50. The first-order valence-electron chi connectivity index (χ1n) is 8.90. The van der Waals surface area contributed by atoms with Crippen LogP contribution in [-0.2, 0) is 27.2 Å². The van der Waals surface area contributed by atoms with E-state index in [0.717, 1.165) is 16.8 Å². The van der Waals surface area contributed by atoms with Gasteiger partial charge in [0.1, 0.15) is 31.5 Å². The number of rotatable bonds is 10. The van der Waals surface area contributed by atoms with Crippen LogP contribution in [0.5, 0.6) is 0 Å². The maximum absolute atomic E-state index is 12.0. The van der Waals surface area contributed by atoms with Crippen molar-refractivity contribution >= 4 is 15.6 Å². The standard InChI is InChI=1S/C14H25N3O12P2/c1-17(2,3)6-7-26-30(22,23)29-31(24,25)27-8-9-11(19)12(20)13(28-9)16-5-4-10(18)15-14(16)21/h4-5,9,11-13,19-20H,6-8H2,1-3H3,(H2-,15,18,21,22,23,24,25)/p+1/t9-,11+,12+,13-/m1/s1. The van der Waals surface area contributed by atoms with Crippen LogP contribution in [0.4, 0.5) is 0 Å². The Kier molecular flexibility index (Phi) is 8.17. The first-order valence-corrected chi connectivity index (χ1v) is 11.9. The molecule has 178 valence electrons. The number of aliphatic hydroxyl groups is 2. The molecule has 1 fully saturated rings. The minimum Gasteiger partial charge on any atom is -0.387 e. The molecular formula is C14H26N3O12P2+. The molecule has 15 nitrogen and oxygen atoms in total. The number of nitrogens with one attached hydrogen (secondary N) is 1. The van der Waals surface area contributed by atoms with E-state index < -0.39 is 58.0 Å². The fraction of sp³-hybridized carbons (Fsp3) is 0.714. The van der Waals surface area contributed by atoms with Crippen LogP contribution in [0, 0.1) is 0 Å². The number of phosphoric ester groups is 2. The van der Waals surface area contributed by atoms with E-state index in [4.69, 9.17) is 4.74 Å². The molecule has 2 unspecified atom stereocenters. The molecule has 1 aliphatic heterocycles. The molecule has 1 saturated heterocycles. The maximum Gasteiger partial charge on any atom is 0.481 e. The van der Waals surface area contributed by atoms with Crippen molar-refractivity contribution in [2.24, 2.45) is 0 Å². The van der Waals surface area contributed by atoms with Crippen LogP contribution in [-0.4, -0.2) is 93.2 Å². The molecule has 0 aromatic carbocycles. The third-order valence-electron chi connectivity index (χ3n) is 4.09. The molecule has 17 heteroatoms. The van der Waals surface area contributed by atoms with Gasteiger partial charge in [0, 0.05) is 12.3 Å². The second-order valence-electron chi connectivity index (χ2n) is 7.73. The van der Waals surface area contributed by atoms with E-state index in [1.807, 2.05) is 4.98 Å². The van der Waals surface area contributed by atoms with Crippen molar-refractivity contribution in [3.05, 3.63) is 33.1 Å². The highest BCUT2D eigenvalue weighted by Crippen LogP contribution is 2.60. The summed E-state index contributed by atoms with van der Waals surface area (Å²) >= 11 is 0. The Bertz CT molecular complexity index is 972. The molecular weight excluding hydrogens is 464 g/mol. The molecule has 5 N–H and O–H groups in total. The van der Waals surface area contributed by atoms with Gasteiger partial charge in [0.2, 0.25) is 0 Å². The molecule has 0 saturated carbocycles. The average Bonchev–Trinajstić information content (AvgIpc) is 2.86. The van der Waals surface area contributed by atoms with E-state index in [1.165, 1.54) is 0 Å². The van der Waals surface area contributed by atoms with Gasteiger partial charge in [-0.05, 0) is 0 Å². The van der Waals surface area contributed by atoms with Crippen LogP contribution >= 0.6 is 15.6 Å². The maximum atomic E-state index is 12.0. The number of phosphoric acid groups is 2. The Hall–Kier alpha value is -1.22. The number of aliphatic hydroxyl groups excluding tert-OH is 2. The third-order valence-corrected chi connectivity index (χ3v) is 6.72. The second-order valence-corrected chi connectivity index (χ2v) is 10.8. The summed E-state index contributed by atoms with van der Waals surface area (Å²) in [7, 11) is -4.69. The van der Waals surface area contributed by atoms with Crippen LogP contribution in [0.2, 0.25) is 0 Å². The van der Waals surface area contributed by atoms with Crippen LogP contribution in [0.25, 0.3) is 0 Å². The summed E-state index contributed by atoms with van der Waals surface area (Å²) in [4.78, 5) is 44.2. The number of nitrogens with zero attached hydrogens (tertiary/aromatic N) is 2. The summed E-state index contributed by atoms with van der Waals surface area (Å²) in [5.41, 5.74) is -1.61. The van der Waals surface area contributed by atoms with Crippen molar-refractivity contribution in [1.29, 1.82) is 0 Å². The number of quaternary nitrogens is 1. The largest absolute Gasteiger partial charge is 0.481 e. The molecule has 6 atom stereocenters. The fourth-order valence-corrected chi connectivity index (χ4v) is 4.57. The molecule has 0 amide bonds. The minimum absolute atomic E-state index is 0.247. The third kappa shape index (κ3) is 7.70. The normalized spacial score (nSPS) is 28.2. The van der Waals surface area contributed by atoms with E-state index >= 15 is 0 Å². The highest BCUT2D eigenvalue weighted by atomic mass is 31.3. The zero-order valence-electron chi connectivity index (χ0n) is 16.9. The molecule has 0 spiro atoms. The topological polar surface area (TPSA) is 207 Å². The first-order chi connectivity index (χ1) is 14.1. The molecule has 0 aliphatic carbocycles. The lowest BCUT2D eigenvalue weighted by atomic mass is 10.1. The zero-order chi connectivity index (χ0) is 23.6. The number of ether oxygens (including phenoxy) is 1. The minimum atomic E-state index is -5.13. The lowest BCUT2D eigenvalue weighted by molar-refractivity contribution is -0.870. The van der Waals surface area contributed by atoms with Crippen molar-refractivity contribution in [3.8, 4) is 0 Å². The summed E-state index contributed by atoms with van der Waals surface area (Å²) < 4.78 is 43.7. The molecule has 31 heavy (non-hydrogen) atoms. The van der Waals surface area contributed by atoms with Gasteiger partial charge in [-0.1, -0.05) is 0 Å². The quantitative estimate of drug-likeness (QED) is 0.180. The Morgan fingerprint density at radius 1 is 1.13 bits per heavy atom. The van der Waals surface area contributed by atoms with Crippen molar-refractivity contribution in [2.45, 2.75) is 24.5 Å². The van der Waals surface area contributed by atoms with Gasteiger partial charge in [0.15, 0.2) is 6.23 Å². The van der Waals surface area contributed by atoms with E-state index in [9.17, 15) is 38.7 Å². The van der Waals surface area contributed by atoms with Gasteiger partial charge in [-0.3, -0.25) is 23.4 Å². The summed E-state index contributed by atoms with van der Waals surface area (Å²) in [6, 6.07) is 0.987. The van der Waals surface area contributed by atoms with Crippen molar-refractivity contribution in [1.82, 2.24) is 9.55 Å². The van der Waals surface area contributed by atoms with Crippen LogP contribution in [0.1, 0.15) is 6.23 Å². The monoisotopic (exact) mass is 490 g/mol. The average molecular weight is 490 g/mol. The number of aromatic nitrogens is 2. The molecule has 1 aliphatic rings. The van der Waals surface area contributed by atoms with E-state index in [1.54, 1.807) is 21.1 Å². The summed E-state index contributed by atoms with van der Waals surface area (Å²) in [6.45, 7) is -0.793. The van der Waals surface area contributed by atoms with Crippen molar-refractivity contribution < 1.29 is 51.7 Å². The lowest BCUT2D eigenvalue weighted by Gasteiger charge is -2.24. The summed E-state index contributed by atoms with van der Waals surface area (Å²) in [5, 5.41) is 20.2. The Morgan fingerprint density at radius 3 is 2.32 bits per heavy atom. The summed E-state index contributed by atoms with van der Waals surface area (Å²) in [6.07, 6.45) is -5.14. The molecule has 1 aromatic heterocycles. The lowest BCUT2D eigenvalue weighted by Crippen LogP contribution is -2.37. The Balaban J connectivity index is 1.96. The number of hydrogen-bond acceptors (Lipinski definition) is 10. The van der Waals surface area contributed by atoms with Gasteiger partial charge in [-0.2, -0.15) is 4.31 Å². The van der Waals surface area contributed by atoms with Gasteiger partial charge >= 0.3 is 21.3 Å². The van der Waals surface area contributed by atoms with E-state index in [0.29, 0.717) is 11.0 Å². The molecule has 0 radical (unpaired) electrons. The zero-order valence-corrected chi connectivity index (χ0v) is 18.7. The highest BCUT2D eigenvalue weighted by molar-refractivity contribution is 7.61. The molecule has 2 heterocycles. The van der Waals surface area contributed by atoms with Gasteiger partial charge in [0.25, 0.3) is 5.56 Å². The van der Waals surface area contributed by atoms with Gasteiger partial charge in [-0.15, -0.1) is 0 Å². The molecule has 2 rings (SSSR count). The van der Waals surface area contributed by atoms with Crippen LogP contribution < -0.4 is 11.2 Å². The van der Waals surface area contributed by atoms with Crippen molar-refractivity contribution in [2.75, 3.05) is 40.9 Å². The van der Waals surface area contributed by atoms with Gasteiger partial charge < -0.3 is 29.2 Å². The summed E-state index contributed by atoms with van der Waals surface area (Å²) in [5.74, 6) is 0. The predicted molar refractivity (Wildman–Crippen MR) is 103 cm³/mol. The Morgan fingerprint density at radius 2 is 1.74 bits per heavy atom. The van der Waals surface area contributed by atoms with E-state index in [-0.39, 0.29) is 6.61 Å². The molecule has 1 aromatic rings. The number of likely N-dealkylation sites (N-methyl/N-ethyl adjacent to an activating group) is 1. The number of aromatic amines is 1. The van der Waals surface area contributed by atoms with Gasteiger partial charge in [-0.25, -0.2) is 13.9 Å². The molecule has 0 bridgehead atoms. The number of hydrogen-bond donors (Lipinski definition) is 5. The highest BCUT2D eigenvalue weighted by Gasteiger charge is 2.46. The van der Waals surface area contributed by atoms with E-state index in [2.05, 4.69) is 13.4 Å². The second kappa shape index (κ2) is 9.73. The SMILES string of the molecule is C[N+](C)(C)CCOP(=O)(O)OP(=O)(O)OC[C@H]1O[C@@H](n2ccc(=O)[nH]c2=O)[C@@H](O)[C@H]1O. The van der Waals surface area contributed by atoms with Crippen molar-refractivity contribution in [3.63, 3.8) is 0 Å². The first kappa shape index (κ1) is 26.0. The smallest absolute Gasteiger partial charge is 0.387 e. The number of H-pyrrole nitrogens is 1. The van der Waals surface area contributed by atoms with Crippen LogP contribution in [0.15, 0.2) is 21.9 Å².